The molecule has 2 aromatic rings. The van der Waals surface area contributed by atoms with Crippen LogP contribution in [0, 0.1) is 0 Å². The van der Waals surface area contributed by atoms with Crippen molar-refractivity contribution in [1.29, 1.82) is 0 Å². The first-order valence-electron chi connectivity index (χ1n) is 8.13. The summed E-state index contributed by atoms with van der Waals surface area (Å²) in [4.78, 5) is 23.5. The zero-order valence-corrected chi connectivity index (χ0v) is 13.5. The van der Waals surface area contributed by atoms with Crippen LogP contribution in [-0.2, 0) is 17.6 Å². The molecule has 1 amide bonds. The first kappa shape index (κ1) is 15.4. The number of rotatable bonds is 3. The van der Waals surface area contributed by atoms with Crippen molar-refractivity contribution in [3.8, 4) is 11.5 Å². The van der Waals surface area contributed by atoms with E-state index in [0.717, 1.165) is 29.7 Å². The Bertz CT molecular complexity index is 903. The number of fused-ring (bicyclic) bond motifs is 2. The third kappa shape index (κ3) is 3.40. The van der Waals surface area contributed by atoms with Crippen LogP contribution < -0.4 is 20.3 Å². The molecule has 25 heavy (non-hydrogen) atoms. The van der Waals surface area contributed by atoms with Crippen molar-refractivity contribution in [2.45, 2.75) is 25.3 Å². The van der Waals surface area contributed by atoms with Crippen molar-refractivity contribution in [2.24, 2.45) is 0 Å². The fourth-order valence-corrected chi connectivity index (χ4v) is 3.10. The minimum atomic E-state index is -0.214. The van der Waals surface area contributed by atoms with Crippen molar-refractivity contribution >= 4 is 12.0 Å². The highest BCUT2D eigenvalue weighted by Gasteiger charge is 2.21. The first-order valence-corrected chi connectivity index (χ1v) is 8.13. The topological polar surface area (TPSA) is 93.3 Å². The number of nitrogens with zero attached hydrogens (tertiary/aromatic N) is 1. The number of carbonyl (C=O) groups is 1. The quantitative estimate of drug-likeness (QED) is 0.819. The van der Waals surface area contributed by atoms with Gasteiger partial charge in [0.1, 0.15) is 0 Å². The first-order chi connectivity index (χ1) is 12.2. The molecular weight excluding hydrogens is 322 g/mol. The number of H-pyrrole nitrogens is 1. The van der Waals surface area contributed by atoms with Gasteiger partial charge in [0, 0.05) is 18.2 Å². The maximum Gasteiger partial charge on any atom is 0.264 e. The number of aryl methyl sites for hydroxylation is 1. The van der Waals surface area contributed by atoms with Crippen LogP contribution in [0.4, 0.5) is 0 Å². The Balaban J connectivity index is 1.38. The van der Waals surface area contributed by atoms with Crippen LogP contribution in [0.25, 0.3) is 6.08 Å². The number of amides is 1. The van der Waals surface area contributed by atoms with E-state index < -0.39 is 0 Å². The largest absolute Gasteiger partial charge is 0.454 e. The van der Waals surface area contributed by atoms with E-state index >= 15 is 0 Å². The molecule has 1 aliphatic heterocycles. The molecule has 128 valence electrons. The molecule has 0 saturated carbocycles. The Morgan fingerprint density at radius 3 is 3.08 bits per heavy atom. The third-order valence-corrected chi connectivity index (χ3v) is 4.34. The number of nitrogens with one attached hydrogen (secondary N) is 2. The maximum atomic E-state index is 12.2. The second-order valence-electron chi connectivity index (χ2n) is 6.10. The normalized spacial score (nSPS) is 18.2. The van der Waals surface area contributed by atoms with E-state index in [-0.39, 0.29) is 24.3 Å². The molecule has 2 heterocycles. The van der Waals surface area contributed by atoms with Crippen molar-refractivity contribution in [3.05, 3.63) is 57.5 Å². The zero-order chi connectivity index (χ0) is 17.2. The van der Waals surface area contributed by atoms with Crippen LogP contribution in [0.15, 0.2) is 35.1 Å². The van der Waals surface area contributed by atoms with Gasteiger partial charge in [0.25, 0.3) is 5.56 Å². The molecule has 0 spiro atoms. The molecule has 7 nitrogen and oxygen atoms in total. The van der Waals surface area contributed by atoms with Crippen molar-refractivity contribution in [3.63, 3.8) is 0 Å². The molecule has 4 rings (SSSR count). The molecule has 0 radical (unpaired) electrons. The van der Waals surface area contributed by atoms with Crippen LogP contribution in [-0.4, -0.2) is 28.9 Å². The van der Waals surface area contributed by atoms with Crippen LogP contribution in [0.5, 0.6) is 11.5 Å². The summed E-state index contributed by atoms with van der Waals surface area (Å²) in [6, 6.07) is 7.09. The molecule has 1 aromatic carbocycles. The van der Waals surface area contributed by atoms with E-state index in [0.29, 0.717) is 17.9 Å². The zero-order valence-electron chi connectivity index (χ0n) is 13.5. The van der Waals surface area contributed by atoms with Gasteiger partial charge in [-0.25, -0.2) is 5.10 Å². The molecular formula is C18H17N3O4. The average Bonchev–Trinajstić information content (AvgIpc) is 3.07. The average molecular weight is 339 g/mol. The van der Waals surface area contributed by atoms with Gasteiger partial charge in [0.15, 0.2) is 11.5 Å². The van der Waals surface area contributed by atoms with Gasteiger partial charge >= 0.3 is 0 Å². The lowest BCUT2D eigenvalue weighted by Gasteiger charge is -2.23. The maximum absolute atomic E-state index is 12.2. The van der Waals surface area contributed by atoms with E-state index in [1.54, 1.807) is 12.1 Å². The number of ether oxygens (including phenoxy) is 2. The van der Waals surface area contributed by atoms with Gasteiger partial charge in [-0.05, 0) is 48.6 Å². The van der Waals surface area contributed by atoms with Gasteiger partial charge in [-0.3, -0.25) is 9.59 Å². The van der Waals surface area contributed by atoms with Crippen LogP contribution in [0.2, 0.25) is 0 Å². The molecule has 0 bridgehead atoms. The van der Waals surface area contributed by atoms with Crippen LogP contribution in [0.3, 0.4) is 0 Å². The van der Waals surface area contributed by atoms with E-state index in [4.69, 9.17) is 9.47 Å². The van der Waals surface area contributed by atoms with E-state index in [1.807, 2.05) is 18.2 Å². The highest BCUT2D eigenvalue weighted by atomic mass is 16.7. The summed E-state index contributed by atoms with van der Waals surface area (Å²) in [6.07, 6.45) is 5.40. The summed E-state index contributed by atoms with van der Waals surface area (Å²) < 4.78 is 10.6. The Morgan fingerprint density at radius 1 is 1.28 bits per heavy atom. The number of aromatic nitrogens is 2. The molecule has 1 atom stereocenters. The van der Waals surface area contributed by atoms with Gasteiger partial charge in [-0.1, -0.05) is 6.07 Å². The lowest BCUT2D eigenvalue weighted by Crippen LogP contribution is -2.38. The van der Waals surface area contributed by atoms with Gasteiger partial charge in [0.2, 0.25) is 12.7 Å². The third-order valence-electron chi connectivity index (χ3n) is 4.34. The second kappa shape index (κ2) is 6.43. The van der Waals surface area contributed by atoms with Gasteiger partial charge < -0.3 is 14.8 Å². The van der Waals surface area contributed by atoms with Crippen molar-refractivity contribution in [2.75, 3.05) is 6.79 Å². The summed E-state index contributed by atoms with van der Waals surface area (Å²) in [5, 5.41) is 9.48. The fraction of sp³-hybridized carbons (Fsp3) is 0.278. The smallest absolute Gasteiger partial charge is 0.264 e. The molecule has 1 aliphatic carbocycles. The number of hydrogen-bond acceptors (Lipinski definition) is 5. The second-order valence-corrected chi connectivity index (χ2v) is 6.10. The van der Waals surface area contributed by atoms with Crippen LogP contribution >= 0.6 is 0 Å². The molecule has 2 aliphatic rings. The molecule has 0 saturated heterocycles. The molecule has 7 heteroatoms. The number of hydrogen-bond donors (Lipinski definition) is 2. The Morgan fingerprint density at radius 2 is 2.16 bits per heavy atom. The van der Waals surface area contributed by atoms with Gasteiger partial charge in [-0.15, -0.1) is 0 Å². The Labute approximate surface area is 143 Å². The molecule has 0 unspecified atom stereocenters. The van der Waals surface area contributed by atoms with Crippen molar-refractivity contribution in [1.82, 2.24) is 15.5 Å². The Hall–Kier alpha value is -3.09. The summed E-state index contributed by atoms with van der Waals surface area (Å²) in [5.74, 6) is 1.24. The minimum Gasteiger partial charge on any atom is -0.454 e. The van der Waals surface area contributed by atoms with Gasteiger partial charge in [-0.2, -0.15) is 5.10 Å². The lowest BCUT2D eigenvalue weighted by atomic mass is 9.92. The van der Waals surface area contributed by atoms with Gasteiger partial charge in [0.05, 0.1) is 5.69 Å². The number of benzene rings is 1. The SMILES string of the molecule is O=C(/C=C/c1ccc2c(c1)OCO2)N[C@H]1CCc2n[nH]c(=O)cc2C1. The summed E-state index contributed by atoms with van der Waals surface area (Å²) >= 11 is 0. The summed E-state index contributed by atoms with van der Waals surface area (Å²) in [6.45, 7) is 0.226. The van der Waals surface area contributed by atoms with E-state index in [1.165, 1.54) is 6.08 Å². The predicted molar refractivity (Wildman–Crippen MR) is 90.4 cm³/mol. The van der Waals surface area contributed by atoms with Crippen LogP contribution in [0.1, 0.15) is 23.2 Å². The minimum absolute atomic E-state index is 0.00463. The molecule has 1 aromatic heterocycles. The lowest BCUT2D eigenvalue weighted by molar-refractivity contribution is -0.117. The predicted octanol–water partition coefficient (Wildman–Crippen LogP) is 1.19. The number of aromatic amines is 1. The number of carbonyl (C=O) groups excluding carboxylic acids is 1. The van der Waals surface area contributed by atoms with E-state index in [2.05, 4.69) is 15.5 Å². The monoisotopic (exact) mass is 339 g/mol. The summed E-state index contributed by atoms with van der Waals surface area (Å²) in [7, 11) is 0. The van der Waals surface area contributed by atoms with E-state index in [9.17, 15) is 9.59 Å². The highest BCUT2D eigenvalue weighted by Crippen LogP contribution is 2.32. The van der Waals surface area contributed by atoms with Crippen molar-refractivity contribution < 1.29 is 14.3 Å². The molecule has 0 fully saturated rings. The summed E-state index contributed by atoms with van der Waals surface area (Å²) in [5.41, 5.74) is 2.46. The Kier molecular flexibility index (Phi) is 3.97. The fourth-order valence-electron chi connectivity index (χ4n) is 3.10. The molecule has 2 N–H and O–H groups in total. The highest BCUT2D eigenvalue weighted by molar-refractivity contribution is 5.92. The standard InChI is InChI=1S/C18H17N3O4/c22-17(6-2-11-1-5-15-16(7-11)25-10-24-15)19-13-3-4-14-12(8-13)9-18(23)21-20-14/h1-2,5-7,9,13H,3-4,8,10H2,(H,19,22)(H,21,23)/b6-2+/t13-/m0/s1.